The molecule has 0 spiro atoms. The highest BCUT2D eigenvalue weighted by molar-refractivity contribution is 5.87. The number of hydrogen-bond acceptors (Lipinski definition) is 4. The van der Waals surface area contributed by atoms with Crippen molar-refractivity contribution in [2.75, 3.05) is 6.61 Å². The molecule has 0 aliphatic heterocycles. The first-order valence-corrected chi connectivity index (χ1v) is 5.75. The smallest absolute Gasteiger partial charge is 0.358 e. The van der Waals surface area contributed by atoms with Gasteiger partial charge in [0.05, 0.1) is 6.61 Å². The molecule has 0 fully saturated rings. The van der Waals surface area contributed by atoms with E-state index in [-0.39, 0.29) is 23.9 Å². The zero-order chi connectivity index (χ0) is 14.0. The lowest BCUT2D eigenvalue weighted by atomic mass is 10.2. The minimum absolute atomic E-state index is 0.0692. The van der Waals surface area contributed by atoms with Crippen molar-refractivity contribution in [3.05, 3.63) is 41.3 Å². The van der Waals surface area contributed by atoms with Crippen LogP contribution in [0.2, 0.25) is 0 Å². The average Bonchev–Trinajstić information content (AvgIpc) is 2.75. The lowest BCUT2D eigenvalue weighted by molar-refractivity contribution is 0.0519. The molecule has 2 rings (SSSR count). The topological polar surface area (TPSA) is 64.3 Å². The minimum Gasteiger partial charge on any atom is -0.493 e. The van der Waals surface area contributed by atoms with E-state index in [1.165, 1.54) is 12.1 Å². The van der Waals surface area contributed by atoms with Gasteiger partial charge >= 0.3 is 5.97 Å². The molecule has 1 N–H and O–H groups in total. The van der Waals surface area contributed by atoms with Crippen LogP contribution in [0.5, 0.6) is 5.88 Å². The van der Waals surface area contributed by atoms with Crippen LogP contribution in [0.1, 0.15) is 23.0 Å². The summed E-state index contributed by atoms with van der Waals surface area (Å²) in [5, 5.41) is 13.6. The number of esters is 1. The van der Waals surface area contributed by atoms with E-state index in [0.717, 1.165) is 16.3 Å². The molecule has 0 bridgehead atoms. The van der Waals surface area contributed by atoms with Crippen LogP contribution in [-0.4, -0.2) is 27.5 Å². The molecule has 100 valence electrons. The summed E-state index contributed by atoms with van der Waals surface area (Å²) in [6, 6.07) is 5.54. The Morgan fingerprint density at radius 3 is 2.89 bits per heavy atom. The maximum atomic E-state index is 13.7. The minimum atomic E-state index is -0.662. The van der Waals surface area contributed by atoms with Crippen LogP contribution in [0.3, 0.4) is 0 Å². The zero-order valence-corrected chi connectivity index (χ0v) is 10.6. The van der Waals surface area contributed by atoms with Gasteiger partial charge in [0, 0.05) is 6.07 Å². The van der Waals surface area contributed by atoms with Gasteiger partial charge in [-0.15, -0.1) is 0 Å². The van der Waals surface area contributed by atoms with Gasteiger partial charge in [0.2, 0.25) is 5.88 Å². The normalized spacial score (nSPS) is 10.5. The first-order valence-electron chi connectivity index (χ1n) is 5.75. The predicted molar refractivity (Wildman–Crippen MR) is 65.9 cm³/mol. The zero-order valence-electron chi connectivity index (χ0n) is 10.6. The fraction of sp³-hybridized carbons (Fsp3) is 0.231. The summed E-state index contributed by atoms with van der Waals surface area (Å²) in [6.07, 6.45) is 0. The quantitative estimate of drug-likeness (QED) is 0.863. The Morgan fingerprint density at radius 1 is 1.47 bits per heavy atom. The molecule has 1 aromatic heterocycles. The lowest BCUT2D eigenvalue weighted by Crippen LogP contribution is -2.07. The third-order valence-corrected chi connectivity index (χ3v) is 2.50. The van der Waals surface area contributed by atoms with E-state index in [9.17, 15) is 14.3 Å². The molecule has 0 aliphatic rings. The van der Waals surface area contributed by atoms with E-state index >= 15 is 0 Å². The van der Waals surface area contributed by atoms with Gasteiger partial charge in [0.25, 0.3) is 0 Å². The second kappa shape index (κ2) is 5.09. The van der Waals surface area contributed by atoms with Crippen LogP contribution in [0.15, 0.2) is 24.3 Å². The van der Waals surface area contributed by atoms with Crippen molar-refractivity contribution in [1.29, 1.82) is 0 Å². The van der Waals surface area contributed by atoms with Gasteiger partial charge in [-0.3, -0.25) is 0 Å². The molecule has 0 saturated heterocycles. The van der Waals surface area contributed by atoms with Gasteiger partial charge in [-0.25, -0.2) is 9.18 Å². The Balaban J connectivity index is 2.46. The van der Waals surface area contributed by atoms with Crippen LogP contribution in [0.25, 0.3) is 5.69 Å². The van der Waals surface area contributed by atoms with Gasteiger partial charge in [-0.05, 0) is 31.5 Å². The van der Waals surface area contributed by atoms with Gasteiger partial charge < -0.3 is 9.84 Å². The van der Waals surface area contributed by atoms with E-state index < -0.39 is 11.8 Å². The average molecular weight is 264 g/mol. The fourth-order valence-corrected chi connectivity index (χ4v) is 1.64. The highest BCUT2D eigenvalue weighted by Gasteiger charge is 2.17. The maximum Gasteiger partial charge on any atom is 0.358 e. The van der Waals surface area contributed by atoms with Crippen LogP contribution in [0, 0.1) is 12.7 Å². The second-order valence-corrected chi connectivity index (χ2v) is 3.97. The molecule has 0 aliphatic carbocycles. The molecule has 0 atom stereocenters. The third kappa shape index (κ3) is 2.57. The van der Waals surface area contributed by atoms with E-state index in [4.69, 9.17) is 4.74 Å². The van der Waals surface area contributed by atoms with Crippen molar-refractivity contribution in [2.24, 2.45) is 0 Å². The van der Waals surface area contributed by atoms with Crippen molar-refractivity contribution < 1.29 is 19.0 Å². The summed E-state index contributed by atoms with van der Waals surface area (Å²) in [5.41, 5.74) is 0.817. The third-order valence-electron chi connectivity index (χ3n) is 2.50. The number of aromatic nitrogens is 2. The van der Waals surface area contributed by atoms with Crippen molar-refractivity contribution >= 4 is 5.97 Å². The molecule has 5 nitrogen and oxygen atoms in total. The summed E-state index contributed by atoms with van der Waals surface area (Å²) < 4.78 is 19.4. The molecule has 0 unspecified atom stereocenters. The highest BCUT2D eigenvalue weighted by Crippen LogP contribution is 2.21. The predicted octanol–water partition coefficient (Wildman–Crippen LogP) is 2.20. The second-order valence-electron chi connectivity index (χ2n) is 3.97. The molecule has 0 amide bonds. The van der Waals surface area contributed by atoms with Crippen LogP contribution in [0.4, 0.5) is 4.39 Å². The van der Waals surface area contributed by atoms with Crippen molar-refractivity contribution in [1.82, 2.24) is 9.78 Å². The Kier molecular flexibility index (Phi) is 3.50. The molecule has 6 heteroatoms. The summed E-state index contributed by atoms with van der Waals surface area (Å²) in [7, 11) is 0. The fourth-order valence-electron chi connectivity index (χ4n) is 1.64. The number of carbonyl (C=O) groups excluding carboxylic acids is 1. The van der Waals surface area contributed by atoms with Crippen LogP contribution >= 0.6 is 0 Å². The van der Waals surface area contributed by atoms with Gasteiger partial charge in [0.15, 0.2) is 5.69 Å². The number of aromatic hydroxyl groups is 1. The van der Waals surface area contributed by atoms with E-state index in [1.54, 1.807) is 19.9 Å². The van der Waals surface area contributed by atoms with Crippen LogP contribution < -0.4 is 0 Å². The number of aryl methyl sites for hydroxylation is 1. The summed E-state index contributed by atoms with van der Waals surface area (Å²) >= 11 is 0. The molecule has 19 heavy (non-hydrogen) atoms. The van der Waals surface area contributed by atoms with E-state index in [2.05, 4.69) is 5.10 Å². The molecule has 1 heterocycles. The van der Waals surface area contributed by atoms with Gasteiger partial charge in [0.1, 0.15) is 11.5 Å². The number of rotatable bonds is 3. The first-order chi connectivity index (χ1) is 9.02. The monoisotopic (exact) mass is 264 g/mol. The lowest BCUT2D eigenvalue weighted by Gasteiger charge is -2.05. The standard InChI is InChI=1S/C13H13FN2O3/c1-3-19-13(18)10-7-12(17)16(15-10)11-6-8(2)4-5-9(11)14/h4-7,17H,3H2,1-2H3. The molecule has 0 radical (unpaired) electrons. The highest BCUT2D eigenvalue weighted by atomic mass is 19.1. The van der Waals surface area contributed by atoms with Gasteiger partial charge in [-0.2, -0.15) is 9.78 Å². The van der Waals surface area contributed by atoms with E-state index in [1.807, 2.05) is 0 Å². The number of nitrogens with zero attached hydrogens (tertiary/aromatic N) is 2. The Morgan fingerprint density at radius 2 is 2.21 bits per heavy atom. The summed E-state index contributed by atoms with van der Waals surface area (Å²) in [6.45, 7) is 3.65. The van der Waals surface area contributed by atoms with E-state index in [0.29, 0.717) is 0 Å². The number of ether oxygens (including phenoxy) is 1. The first kappa shape index (κ1) is 13.1. The number of carbonyl (C=O) groups is 1. The van der Waals surface area contributed by atoms with Crippen molar-refractivity contribution in [3.63, 3.8) is 0 Å². The molecule has 1 aromatic carbocycles. The molecular formula is C13H13FN2O3. The largest absolute Gasteiger partial charge is 0.493 e. The Bertz CT molecular complexity index is 622. The van der Waals surface area contributed by atoms with Crippen molar-refractivity contribution in [2.45, 2.75) is 13.8 Å². The summed E-state index contributed by atoms with van der Waals surface area (Å²) in [4.78, 5) is 11.5. The van der Waals surface area contributed by atoms with Gasteiger partial charge in [-0.1, -0.05) is 6.07 Å². The maximum absolute atomic E-state index is 13.7. The number of halogens is 1. The Labute approximate surface area is 109 Å². The Hall–Kier alpha value is -2.37. The SMILES string of the molecule is CCOC(=O)c1cc(O)n(-c2cc(C)ccc2F)n1. The molecular weight excluding hydrogens is 251 g/mol. The van der Waals surface area contributed by atoms with Crippen molar-refractivity contribution in [3.8, 4) is 11.6 Å². The number of hydrogen-bond donors (Lipinski definition) is 1. The molecule has 0 saturated carbocycles. The number of benzene rings is 1. The summed E-state index contributed by atoms with van der Waals surface area (Å²) in [5.74, 6) is -1.53. The van der Waals surface area contributed by atoms with Crippen LogP contribution in [-0.2, 0) is 4.74 Å². The molecule has 2 aromatic rings.